The molecular formula is C12H8ClN3O2. The Kier molecular flexibility index (Phi) is 2.41. The summed E-state index contributed by atoms with van der Waals surface area (Å²) in [5.41, 5.74) is 2.67. The molecule has 0 atom stereocenters. The molecule has 0 aliphatic carbocycles. The van der Waals surface area contributed by atoms with Gasteiger partial charge in [0.15, 0.2) is 5.15 Å². The standard InChI is InChI=1S/C12H8ClN3O2/c1-18-12(17)6-2-3-8-7(4-6)9-10(16-8)11(13)15-5-14-9/h2-5,16H,1H3. The van der Waals surface area contributed by atoms with E-state index in [0.717, 1.165) is 10.9 Å². The number of carbonyl (C=O) groups excluding carboxylic acids is 1. The number of fused-ring (bicyclic) bond motifs is 3. The highest BCUT2D eigenvalue weighted by molar-refractivity contribution is 6.34. The minimum absolute atomic E-state index is 0.357. The molecular weight excluding hydrogens is 254 g/mol. The molecule has 0 saturated heterocycles. The van der Waals surface area contributed by atoms with Gasteiger partial charge in [-0.2, -0.15) is 0 Å². The van der Waals surface area contributed by atoms with Crippen molar-refractivity contribution < 1.29 is 9.53 Å². The quantitative estimate of drug-likeness (QED) is 0.540. The smallest absolute Gasteiger partial charge is 0.337 e. The molecule has 2 heterocycles. The van der Waals surface area contributed by atoms with Crippen LogP contribution < -0.4 is 0 Å². The highest BCUT2D eigenvalue weighted by Crippen LogP contribution is 2.27. The van der Waals surface area contributed by atoms with Gasteiger partial charge in [0.05, 0.1) is 12.7 Å². The second-order valence-corrected chi connectivity index (χ2v) is 4.12. The molecule has 0 aliphatic rings. The van der Waals surface area contributed by atoms with Crippen molar-refractivity contribution in [1.29, 1.82) is 0 Å². The van der Waals surface area contributed by atoms with Gasteiger partial charge in [-0.3, -0.25) is 0 Å². The van der Waals surface area contributed by atoms with Gasteiger partial charge in [-0.15, -0.1) is 0 Å². The summed E-state index contributed by atoms with van der Waals surface area (Å²) < 4.78 is 4.69. The van der Waals surface area contributed by atoms with Crippen LogP contribution >= 0.6 is 11.6 Å². The number of esters is 1. The first-order chi connectivity index (χ1) is 8.70. The summed E-state index contributed by atoms with van der Waals surface area (Å²) in [6.45, 7) is 0. The number of benzene rings is 1. The van der Waals surface area contributed by atoms with Crippen molar-refractivity contribution in [3.05, 3.63) is 35.2 Å². The summed E-state index contributed by atoms with van der Waals surface area (Å²) in [5.74, 6) is -0.383. The molecule has 0 spiro atoms. The van der Waals surface area contributed by atoms with Crippen LogP contribution in [0.15, 0.2) is 24.5 Å². The van der Waals surface area contributed by atoms with Crippen molar-refractivity contribution in [2.45, 2.75) is 0 Å². The van der Waals surface area contributed by atoms with Gasteiger partial charge in [0.1, 0.15) is 17.4 Å². The maximum Gasteiger partial charge on any atom is 0.337 e. The predicted molar refractivity (Wildman–Crippen MR) is 67.7 cm³/mol. The summed E-state index contributed by atoms with van der Waals surface area (Å²) in [5, 5.41) is 1.17. The van der Waals surface area contributed by atoms with E-state index in [1.165, 1.54) is 13.4 Å². The fourth-order valence-electron chi connectivity index (χ4n) is 1.91. The number of nitrogens with one attached hydrogen (secondary N) is 1. The number of halogens is 1. The van der Waals surface area contributed by atoms with E-state index >= 15 is 0 Å². The largest absolute Gasteiger partial charge is 0.465 e. The minimum atomic E-state index is -0.383. The van der Waals surface area contributed by atoms with Crippen LogP contribution in [-0.4, -0.2) is 28.0 Å². The molecule has 6 heteroatoms. The number of methoxy groups -OCH3 is 1. The first-order valence-corrected chi connectivity index (χ1v) is 5.59. The van der Waals surface area contributed by atoms with E-state index in [4.69, 9.17) is 11.6 Å². The number of carbonyl (C=O) groups is 1. The van der Waals surface area contributed by atoms with Crippen molar-refractivity contribution in [3.63, 3.8) is 0 Å². The molecule has 1 aromatic carbocycles. The highest BCUT2D eigenvalue weighted by atomic mass is 35.5. The molecule has 3 aromatic rings. The molecule has 18 heavy (non-hydrogen) atoms. The lowest BCUT2D eigenvalue weighted by Crippen LogP contribution is -2.00. The molecule has 90 valence electrons. The van der Waals surface area contributed by atoms with Gasteiger partial charge in [-0.05, 0) is 18.2 Å². The van der Waals surface area contributed by atoms with E-state index in [0.29, 0.717) is 21.7 Å². The van der Waals surface area contributed by atoms with Crippen molar-refractivity contribution in [2.24, 2.45) is 0 Å². The number of hydrogen-bond acceptors (Lipinski definition) is 4. The molecule has 1 N–H and O–H groups in total. The van der Waals surface area contributed by atoms with Gasteiger partial charge >= 0.3 is 5.97 Å². The SMILES string of the molecule is COC(=O)c1ccc2[nH]c3c(Cl)ncnc3c2c1. The number of H-pyrrole nitrogens is 1. The van der Waals surface area contributed by atoms with E-state index in [9.17, 15) is 4.79 Å². The molecule has 0 fully saturated rings. The number of ether oxygens (including phenoxy) is 1. The molecule has 3 rings (SSSR count). The molecule has 0 aliphatic heterocycles. The van der Waals surface area contributed by atoms with Gasteiger partial charge in [0.2, 0.25) is 0 Å². The van der Waals surface area contributed by atoms with E-state index in [1.807, 2.05) is 0 Å². The van der Waals surface area contributed by atoms with Crippen LogP contribution in [0.5, 0.6) is 0 Å². The zero-order valence-corrected chi connectivity index (χ0v) is 10.2. The van der Waals surface area contributed by atoms with E-state index in [2.05, 4.69) is 19.7 Å². The molecule has 0 bridgehead atoms. The lowest BCUT2D eigenvalue weighted by molar-refractivity contribution is 0.0601. The average Bonchev–Trinajstić information content (AvgIpc) is 2.77. The fourth-order valence-corrected chi connectivity index (χ4v) is 2.09. The zero-order chi connectivity index (χ0) is 12.7. The van der Waals surface area contributed by atoms with Crippen molar-refractivity contribution in [2.75, 3.05) is 7.11 Å². The lowest BCUT2D eigenvalue weighted by Gasteiger charge is -1.98. The summed E-state index contributed by atoms with van der Waals surface area (Å²) in [6, 6.07) is 5.20. The Morgan fingerprint density at radius 2 is 2.22 bits per heavy atom. The van der Waals surface area contributed by atoms with E-state index in [1.54, 1.807) is 18.2 Å². The molecule has 0 radical (unpaired) electrons. The van der Waals surface area contributed by atoms with Crippen LogP contribution in [0.25, 0.3) is 21.9 Å². The molecule has 0 saturated carbocycles. The van der Waals surface area contributed by atoms with Crippen molar-refractivity contribution >= 4 is 39.5 Å². The lowest BCUT2D eigenvalue weighted by atomic mass is 10.1. The summed E-state index contributed by atoms with van der Waals surface area (Å²) in [7, 11) is 1.35. The topological polar surface area (TPSA) is 67.9 Å². The number of nitrogens with zero attached hydrogens (tertiary/aromatic N) is 2. The van der Waals surface area contributed by atoms with Crippen LogP contribution in [0.2, 0.25) is 5.15 Å². The van der Waals surface area contributed by atoms with Crippen LogP contribution in [0, 0.1) is 0 Å². The normalized spacial score (nSPS) is 11.0. The Morgan fingerprint density at radius 1 is 1.39 bits per heavy atom. The Bertz CT molecular complexity index is 766. The summed E-state index contributed by atoms with van der Waals surface area (Å²) >= 11 is 5.98. The maximum absolute atomic E-state index is 11.5. The molecule has 5 nitrogen and oxygen atoms in total. The Hall–Kier alpha value is -2.14. The number of hydrogen-bond donors (Lipinski definition) is 1. The molecule has 0 amide bonds. The average molecular weight is 262 g/mol. The third-order valence-corrected chi connectivity index (χ3v) is 3.04. The third-order valence-electron chi connectivity index (χ3n) is 2.76. The van der Waals surface area contributed by atoms with E-state index < -0.39 is 0 Å². The Balaban J connectivity index is 2.36. The number of aromatic amines is 1. The van der Waals surface area contributed by atoms with Crippen LogP contribution in [0.1, 0.15) is 10.4 Å². The maximum atomic E-state index is 11.5. The Morgan fingerprint density at radius 3 is 3.00 bits per heavy atom. The number of aromatic nitrogens is 3. The van der Waals surface area contributed by atoms with Gasteiger partial charge in [0, 0.05) is 10.9 Å². The third kappa shape index (κ3) is 1.52. The number of rotatable bonds is 1. The van der Waals surface area contributed by atoms with Gasteiger partial charge in [0.25, 0.3) is 0 Å². The monoisotopic (exact) mass is 261 g/mol. The minimum Gasteiger partial charge on any atom is -0.465 e. The second kappa shape index (κ2) is 3.96. The fraction of sp³-hybridized carbons (Fsp3) is 0.0833. The van der Waals surface area contributed by atoms with Gasteiger partial charge in [-0.1, -0.05) is 11.6 Å². The summed E-state index contributed by atoms with van der Waals surface area (Å²) in [6.07, 6.45) is 1.39. The Labute approximate surface area is 107 Å². The van der Waals surface area contributed by atoms with Crippen molar-refractivity contribution in [3.8, 4) is 0 Å². The second-order valence-electron chi connectivity index (χ2n) is 3.77. The first kappa shape index (κ1) is 11.0. The van der Waals surface area contributed by atoms with Crippen LogP contribution in [0.3, 0.4) is 0 Å². The van der Waals surface area contributed by atoms with Gasteiger partial charge < -0.3 is 9.72 Å². The van der Waals surface area contributed by atoms with E-state index in [-0.39, 0.29) is 5.97 Å². The highest BCUT2D eigenvalue weighted by Gasteiger charge is 2.12. The van der Waals surface area contributed by atoms with Crippen LogP contribution in [0.4, 0.5) is 0 Å². The molecule has 2 aromatic heterocycles. The molecule has 0 unspecified atom stereocenters. The zero-order valence-electron chi connectivity index (χ0n) is 9.40. The summed E-state index contributed by atoms with van der Waals surface area (Å²) in [4.78, 5) is 22.7. The van der Waals surface area contributed by atoms with Crippen molar-refractivity contribution in [1.82, 2.24) is 15.0 Å². The van der Waals surface area contributed by atoms with Crippen LogP contribution in [-0.2, 0) is 4.74 Å². The first-order valence-electron chi connectivity index (χ1n) is 5.21. The van der Waals surface area contributed by atoms with Gasteiger partial charge in [-0.25, -0.2) is 14.8 Å². The predicted octanol–water partition coefficient (Wildman–Crippen LogP) is 2.55.